The van der Waals surface area contributed by atoms with Crippen LogP contribution in [0.1, 0.15) is 30.7 Å². The Labute approximate surface area is 121 Å². The molecular weight excluding hydrogens is 279 g/mol. The predicted octanol–water partition coefficient (Wildman–Crippen LogP) is 3.45. The van der Waals surface area contributed by atoms with Gasteiger partial charge < -0.3 is 5.32 Å². The van der Waals surface area contributed by atoms with E-state index in [9.17, 15) is 13.2 Å². The predicted molar refractivity (Wildman–Crippen MR) is 74.7 cm³/mol. The molecule has 114 valence electrons. The summed E-state index contributed by atoms with van der Waals surface area (Å²) in [6, 6.07) is 7.55. The van der Waals surface area contributed by atoms with Gasteiger partial charge in [0, 0.05) is 18.8 Å². The molecule has 0 radical (unpaired) electrons. The van der Waals surface area contributed by atoms with Crippen LogP contribution in [0.5, 0.6) is 0 Å². The highest BCUT2D eigenvalue weighted by Crippen LogP contribution is 2.29. The quantitative estimate of drug-likeness (QED) is 0.916. The van der Waals surface area contributed by atoms with Crippen LogP contribution in [-0.4, -0.2) is 15.8 Å². The van der Waals surface area contributed by atoms with Crippen molar-refractivity contribution in [1.82, 2.24) is 15.1 Å². The van der Waals surface area contributed by atoms with Crippen molar-refractivity contribution in [1.29, 1.82) is 0 Å². The maximum Gasteiger partial charge on any atom is 0.416 e. The Morgan fingerprint density at radius 3 is 2.67 bits per heavy atom. The lowest BCUT2D eigenvalue weighted by molar-refractivity contribution is -0.137. The molecule has 6 heteroatoms. The minimum atomic E-state index is -4.32. The van der Waals surface area contributed by atoms with Gasteiger partial charge in [0.1, 0.15) is 0 Å². The van der Waals surface area contributed by atoms with Crippen molar-refractivity contribution in [3.8, 4) is 0 Å². The summed E-state index contributed by atoms with van der Waals surface area (Å²) in [5, 5.41) is 7.45. The van der Waals surface area contributed by atoms with E-state index < -0.39 is 11.7 Å². The van der Waals surface area contributed by atoms with Crippen molar-refractivity contribution in [2.45, 2.75) is 39.2 Å². The van der Waals surface area contributed by atoms with E-state index in [1.54, 1.807) is 16.9 Å². The Bertz CT molecular complexity index is 588. The number of benzene rings is 1. The Hall–Kier alpha value is -1.82. The van der Waals surface area contributed by atoms with Gasteiger partial charge in [0.2, 0.25) is 0 Å². The fourth-order valence-electron chi connectivity index (χ4n) is 1.98. The highest BCUT2D eigenvalue weighted by atomic mass is 19.4. The van der Waals surface area contributed by atoms with Crippen molar-refractivity contribution in [2.75, 3.05) is 0 Å². The smallest absolute Gasteiger partial charge is 0.309 e. The van der Waals surface area contributed by atoms with E-state index in [2.05, 4.69) is 10.4 Å². The van der Waals surface area contributed by atoms with Gasteiger partial charge in [-0.25, -0.2) is 0 Å². The molecule has 1 aromatic carbocycles. The summed E-state index contributed by atoms with van der Waals surface area (Å²) in [7, 11) is 0. The van der Waals surface area contributed by atoms with E-state index in [-0.39, 0.29) is 0 Å². The first kappa shape index (κ1) is 15.6. The van der Waals surface area contributed by atoms with Crippen LogP contribution in [0.4, 0.5) is 13.2 Å². The van der Waals surface area contributed by atoms with Gasteiger partial charge in [-0.3, -0.25) is 4.68 Å². The second kappa shape index (κ2) is 6.30. The molecule has 21 heavy (non-hydrogen) atoms. The van der Waals surface area contributed by atoms with E-state index >= 15 is 0 Å². The zero-order valence-electron chi connectivity index (χ0n) is 12.0. The molecule has 1 heterocycles. The van der Waals surface area contributed by atoms with Crippen molar-refractivity contribution in [3.05, 3.63) is 53.3 Å². The highest BCUT2D eigenvalue weighted by Gasteiger charge is 2.30. The zero-order chi connectivity index (χ0) is 15.5. The normalized spacial score (nSPS) is 12.1. The minimum absolute atomic E-state index is 0.325. The van der Waals surface area contributed by atoms with Crippen LogP contribution in [0, 0.1) is 0 Å². The number of aromatic nitrogens is 2. The van der Waals surface area contributed by atoms with Crippen LogP contribution in [0.3, 0.4) is 0 Å². The van der Waals surface area contributed by atoms with Crippen molar-refractivity contribution >= 4 is 0 Å². The summed E-state index contributed by atoms with van der Waals surface area (Å²) >= 11 is 0. The summed E-state index contributed by atoms with van der Waals surface area (Å²) in [6.07, 6.45) is -2.66. The van der Waals surface area contributed by atoms with E-state index in [1.807, 2.05) is 19.9 Å². The lowest BCUT2D eigenvalue weighted by Crippen LogP contribution is -2.23. The molecule has 1 N–H and O–H groups in total. The van der Waals surface area contributed by atoms with Gasteiger partial charge in [-0.05, 0) is 23.8 Å². The van der Waals surface area contributed by atoms with Crippen LogP contribution in [0.2, 0.25) is 0 Å². The average Bonchev–Trinajstić information content (AvgIpc) is 2.83. The van der Waals surface area contributed by atoms with Crippen LogP contribution in [0.15, 0.2) is 36.5 Å². The number of alkyl halides is 3. The largest absolute Gasteiger partial charge is 0.416 e. The first-order chi connectivity index (χ1) is 9.86. The Kier molecular flexibility index (Phi) is 4.67. The molecule has 0 saturated heterocycles. The van der Waals surface area contributed by atoms with Crippen LogP contribution in [0.25, 0.3) is 0 Å². The molecule has 0 aliphatic rings. The number of rotatable bonds is 5. The van der Waals surface area contributed by atoms with Gasteiger partial charge in [-0.1, -0.05) is 26.0 Å². The lowest BCUT2D eigenvalue weighted by atomic mass is 10.1. The van der Waals surface area contributed by atoms with Gasteiger partial charge in [0.05, 0.1) is 17.8 Å². The third-order valence-corrected chi connectivity index (χ3v) is 3.08. The zero-order valence-corrected chi connectivity index (χ0v) is 12.0. The number of nitrogens with one attached hydrogen (secondary N) is 1. The van der Waals surface area contributed by atoms with E-state index in [1.165, 1.54) is 12.1 Å². The molecule has 0 unspecified atom stereocenters. The summed E-state index contributed by atoms with van der Waals surface area (Å²) in [5.74, 6) is 0. The summed E-state index contributed by atoms with van der Waals surface area (Å²) in [4.78, 5) is 0. The Morgan fingerprint density at radius 1 is 1.24 bits per heavy atom. The molecule has 0 atom stereocenters. The highest BCUT2D eigenvalue weighted by molar-refractivity contribution is 5.26. The van der Waals surface area contributed by atoms with E-state index in [0.717, 1.165) is 11.8 Å². The van der Waals surface area contributed by atoms with Crippen LogP contribution >= 0.6 is 0 Å². The molecule has 0 fully saturated rings. The summed E-state index contributed by atoms with van der Waals surface area (Å²) < 4.78 is 39.8. The standard InChI is InChI=1S/C15H18F3N3/c1-11(2)19-9-14-6-7-20-21(14)10-12-4-3-5-13(8-12)15(16,17)18/h3-8,11,19H,9-10H2,1-2H3. The van der Waals surface area contributed by atoms with Crippen LogP contribution in [-0.2, 0) is 19.3 Å². The molecule has 2 aromatic rings. The molecule has 0 spiro atoms. The topological polar surface area (TPSA) is 29.9 Å². The number of hydrogen-bond acceptors (Lipinski definition) is 2. The molecular formula is C15H18F3N3. The molecule has 1 aromatic heterocycles. The van der Waals surface area contributed by atoms with E-state index in [4.69, 9.17) is 0 Å². The fraction of sp³-hybridized carbons (Fsp3) is 0.400. The second-order valence-electron chi connectivity index (χ2n) is 5.21. The number of hydrogen-bond donors (Lipinski definition) is 1. The fourth-order valence-corrected chi connectivity index (χ4v) is 1.98. The number of halogens is 3. The maximum atomic E-state index is 12.7. The monoisotopic (exact) mass is 297 g/mol. The first-order valence-corrected chi connectivity index (χ1v) is 6.76. The van der Waals surface area contributed by atoms with Gasteiger partial charge in [0.15, 0.2) is 0 Å². The van der Waals surface area contributed by atoms with Crippen molar-refractivity contribution in [3.63, 3.8) is 0 Å². The summed E-state index contributed by atoms with van der Waals surface area (Å²) in [5.41, 5.74) is 0.898. The molecule has 0 saturated carbocycles. The number of nitrogens with zero attached hydrogens (tertiary/aromatic N) is 2. The summed E-state index contributed by atoms with van der Waals surface area (Å²) in [6.45, 7) is 5.03. The van der Waals surface area contributed by atoms with Crippen molar-refractivity contribution < 1.29 is 13.2 Å². The first-order valence-electron chi connectivity index (χ1n) is 6.76. The SMILES string of the molecule is CC(C)NCc1ccnn1Cc1cccc(C(F)(F)F)c1. The van der Waals surface area contributed by atoms with E-state index in [0.29, 0.717) is 24.7 Å². The Morgan fingerprint density at radius 2 is 2.00 bits per heavy atom. The average molecular weight is 297 g/mol. The van der Waals surface area contributed by atoms with Gasteiger partial charge in [-0.15, -0.1) is 0 Å². The van der Waals surface area contributed by atoms with Gasteiger partial charge in [-0.2, -0.15) is 18.3 Å². The third kappa shape index (κ3) is 4.32. The molecule has 0 amide bonds. The van der Waals surface area contributed by atoms with Crippen molar-refractivity contribution in [2.24, 2.45) is 0 Å². The van der Waals surface area contributed by atoms with Crippen LogP contribution < -0.4 is 5.32 Å². The molecule has 0 bridgehead atoms. The Balaban J connectivity index is 2.14. The molecule has 2 rings (SSSR count). The van der Waals surface area contributed by atoms with Gasteiger partial charge in [0.25, 0.3) is 0 Å². The third-order valence-electron chi connectivity index (χ3n) is 3.08. The molecule has 3 nitrogen and oxygen atoms in total. The minimum Gasteiger partial charge on any atom is -0.309 e. The van der Waals surface area contributed by atoms with Gasteiger partial charge >= 0.3 is 6.18 Å². The molecule has 0 aliphatic carbocycles. The maximum absolute atomic E-state index is 12.7. The molecule has 0 aliphatic heterocycles. The lowest BCUT2D eigenvalue weighted by Gasteiger charge is -2.12. The second-order valence-corrected chi connectivity index (χ2v) is 5.21.